The van der Waals surface area contributed by atoms with Crippen molar-refractivity contribution in [2.75, 3.05) is 30.3 Å². The van der Waals surface area contributed by atoms with Gasteiger partial charge in [0.2, 0.25) is 5.95 Å². The van der Waals surface area contributed by atoms with Gasteiger partial charge in [-0.15, -0.1) is 0 Å². The Morgan fingerprint density at radius 1 is 1.03 bits per heavy atom. The predicted molar refractivity (Wildman–Crippen MR) is 136 cm³/mol. The number of phenols is 1. The Bertz CT molecular complexity index is 1520. The van der Waals surface area contributed by atoms with Crippen LogP contribution in [0, 0.1) is 6.92 Å². The minimum atomic E-state index is -0.367. The number of phenolic OH excluding ortho intramolecular Hbond substituents is 1. The van der Waals surface area contributed by atoms with E-state index in [-0.39, 0.29) is 18.3 Å². The highest BCUT2D eigenvalue weighted by Gasteiger charge is 2.20. The number of rotatable bonds is 9. The van der Waals surface area contributed by atoms with Crippen molar-refractivity contribution in [3.05, 3.63) is 60.7 Å². The second-order valence-electron chi connectivity index (χ2n) is 8.10. The molecule has 2 aromatic carbocycles. The Kier molecular flexibility index (Phi) is 6.35. The average Bonchev–Trinajstić information content (AvgIpc) is 3.42. The molecule has 36 heavy (non-hydrogen) atoms. The zero-order valence-electron chi connectivity index (χ0n) is 20.0. The molecule has 11 nitrogen and oxygen atoms in total. The zero-order valence-corrected chi connectivity index (χ0v) is 20.0. The maximum atomic E-state index is 12.2. The lowest BCUT2D eigenvalue weighted by Gasteiger charge is -2.12. The summed E-state index contributed by atoms with van der Waals surface area (Å²) < 4.78 is 8.72. The molecule has 3 aromatic heterocycles. The molecule has 0 fully saturated rings. The highest BCUT2D eigenvalue weighted by molar-refractivity contribution is 5.86. The second-order valence-corrected chi connectivity index (χ2v) is 8.10. The first-order valence-electron chi connectivity index (χ1n) is 11.6. The number of aromatic nitrogens is 6. The fourth-order valence-electron chi connectivity index (χ4n) is 4.00. The summed E-state index contributed by atoms with van der Waals surface area (Å²) >= 11 is 0. The highest BCUT2D eigenvalue weighted by atomic mass is 16.5. The quantitative estimate of drug-likeness (QED) is 0.163. The summed E-state index contributed by atoms with van der Waals surface area (Å²) in [7, 11) is 0. The number of ether oxygens (including phenoxy) is 1. The monoisotopic (exact) mass is 486 g/mol. The van der Waals surface area contributed by atoms with Crippen LogP contribution in [0.5, 0.6) is 5.75 Å². The van der Waals surface area contributed by atoms with E-state index in [1.807, 2.05) is 35.8 Å². The van der Waals surface area contributed by atoms with Crippen LogP contribution in [0.25, 0.3) is 28.0 Å². The van der Waals surface area contributed by atoms with Crippen molar-refractivity contribution in [2.24, 2.45) is 0 Å². The number of nitrogens with one attached hydrogen (secondary N) is 2. The van der Waals surface area contributed by atoms with Gasteiger partial charge in [0.25, 0.3) is 0 Å². The van der Waals surface area contributed by atoms with Crippen molar-refractivity contribution < 1.29 is 14.6 Å². The Morgan fingerprint density at radius 2 is 1.81 bits per heavy atom. The lowest BCUT2D eigenvalue weighted by molar-refractivity contribution is -0.143. The number of carbonyl (C=O) groups is 1. The minimum absolute atomic E-state index is 0.00764. The number of carbonyl (C=O) groups excluding carboxylic acids is 1. The van der Waals surface area contributed by atoms with E-state index in [2.05, 4.69) is 25.6 Å². The number of esters is 1. The number of fused-ring (bicyclic) bond motifs is 2. The Morgan fingerprint density at radius 3 is 2.61 bits per heavy atom. The third-order valence-corrected chi connectivity index (χ3v) is 5.60. The Balaban J connectivity index is 1.49. The van der Waals surface area contributed by atoms with Gasteiger partial charge in [-0.05, 0) is 50.2 Å². The first-order chi connectivity index (χ1) is 17.5. The number of benzene rings is 2. The van der Waals surface area contributed by atoms with Crippen LogP contribution in [-0.4, -0.2) is 59.8 Å². The summed E-state index contributed by atoms with van der Waals surface area (Å²) in [6.07, 6.45) is 1.57. The van der Waals surface area contributed by atoms with Crippen LogP contribution in [0.1, 0.15) is 12.7 Å². The molecule has 0 bridgehead atoms. The molecular formula is C25H26N8O3. The van der Waals surface area contributed by atoms with Gasteiger partial charge in [0.15, 0.2) is 17.0 Å². The maximum Gasteiger partial charge on any atom is 0.326 e. The molecule has 11 heteroatoms. The normalized spacial score (nSPS) is 11.2. The van der Waals surface area contributed by atoms with E-state index in [0.717, 1.165) is 22.5 Å². The molecule has 0 unspecified atom stereocenters. The third-order valence-electron chi connectivity index (χ3n) is 5.60. The van der Waals surface area contributed by atoms with Crippen molar-refractivity contribution in [1.29, 1.82) is 0 Å². The molecule has 0 aliphatic rings. The summed E-state index contributed by atoms with van der Waals surface area (Å²) in [5.41, 5.74) is 3.70. The number of anilines is 2. The summed E-state index contributed by atoms with van der Waals surface area (Å²) in [6, 6.07) is 14.7. The van der Waals surface area contributed by atoms with Crippen LogP contribution in [0.15, 0.2) is 54.9 Å². The zero-order chi connectivity index (χ0) is 25.1. The van der Waals surface area contributed by atoms with E-state index in [4.69, 9.17) is 9.72 Å². The molecule has 184 valence electrons. The molecule has 3 heterocycles. The molecule has 0 amide bonds. The molecule has 3 N–H and O–H groups in total. The van der Waals surface area contributed by atoms with Crippen LogP contribution in [0.2, 0.25) is 0 Å². The maximum absolute atomic E-state index is 12.2. The van der Waals surface area contributed by atoms with Crippen molar-refractivity contribution in [3.8, 4) is 11.6 Å². The third kappa shape index (κ3) is 4.63. The van der Waals surface area contributed by atoms with Gasteiger partial charge in [-0.2, -0.15) is 9.97 Å². The van der Waals surface area contributed by atoms with Gasteiger partial charge in [-0.1, -0.05) is 12.1 Å². The van der Waals surface area contributed by atoms with Gasteiger partial charge in [0.1, 0.15) is 18.1 Å². The number of nitrogens with zero attached hydrogens (tertiary/aromatic N) is 6. The molecule has 0 atom stereocenters. The molecule has 0 saturated heterocycles. The molecular weight excluding hydrogens is 460 g/mol. The average molecular weight is 487 g/mol. The molecule has 0 spiro atoms. The second kappa shape index (κ2) is 9.90. The highest BCUT2D eigenvalue weighted by Crippen LogP contribution is 2.26. The molecule has 0 aliphatic carbocycles. The van der Waals surface area contributed by atoms with Crippen molar-refractivity contribution in [1.82, 2.24) is 29.1 Å². The molecule has 0 radical (unpaired) electrons. The van der Waals surface area contributed by atoms with Crippen LogP contribution in [0.3, 0.4) is 0 Å². The summed E-state index contributed by atoms with van der Waals surface area (Å²) in [5.74, 6) is 1.58. The van der Waals surface area contributed by atoms with Gasteiger partial charge < -0.3 is 25.0 Å². The number of para-hydroxylation sites is 2. The van der Waals surface area contributed by atoms with Crippen LogP contribution < -0.4 is 10.6 Å². The SMILES string of the molecule is CCOC(=O)Cn1cnc2c(-n3c(C)nc4ccccc43)nc(NCCNc3ccc(O)cc3)nc21. The summed E-state index contributed by atoms with van der Waals surface area (Å²) in [4.78, 5) is 30.8. The van der Waals surface area contributed by atoms with E-state index in [9.17, 15) is 9.90 Å². The Labute approximate surface area is 206 Å². The molecule has 0 saturated carbocycles. The lowest BCUT2D eigenvalue weighted by Crippen LogP contribution is -2.17. The number of hydrogen-bond donors (Lipinski definition) is 3. The fraction of sp³-hybridized carbons (Fsp3) is 0.240. The van der Waals surface area contributed by atoms with Crippen molar-refractivity contribution in [3.63, 3.8) is 0 Å². The van der Waals surface area contributed by atoms with E-state index < -0.39 is 0 Å². The van der Waals surface area contributed by atoms with E-state index >= 15 is 0 Å². The molecule has 0 aliphatic heterocycles. The topological polar surface area (TPSA) is 132 Å². The van der Waals surface area contributed by atoms with Gasteiger partial charge in [0.05, 0.1) is 24.0 Å². The lowest BCUT2D eigenvalue weighted by atomic mass is 10.3. The van der Waals surface area contributed by atoms with E-state index in [0.29, 0.717) is 42.6 Å². The largest absolute Gasteiger partial charge is 0.508 e. The number of imidazole rings is 2. The number of hydrogen-bond acceptors (Lipinski definition) is 9. The van der Waals surface area contributed by atoms with E-state index in [1.165, 1.54) is 0 Å². The first-order valence-corrected chi connectivity index (χ1v) is 11.6. The number of aromatic hydroxyl groups is 1. The first kappa shape index (κ1) is 23.1. The van der Waals surface area contributed by atoms with Crippen LogP contribution in [0.4, 0.5) is 11.6 Å². The van der Waals surface area contributed by atoms with Gasteiger partial charge in [-0.25, -0.2) is 9.97 Å². The predicted octanol–water partition coefficient (Wildman–Crippen LogP) is 3.27. The van der Waals surface area contributed by atoms with Gasteiger partial charge >= 0.3 is 5.97 Å². The van der Waals surface area contributed by atoms with Gasteiger partial charge in [0, 0.05) is 18.8 Å². The van der Waals surface area contributed by atoms with Crippen LogP contribution >= 0.6 is 0 Å². The molecule has 5 aromatic rings. The Hall–Kier alpha value is -4.67. The van der Waals surface area contributed by atoms with Crippen molar-refractivity contribution >= 4 is 39.8 Å². The van der Waals surface area contributed by atoms with Crippen LogP contribution in [-0.2, 0) is 16.1 Å². The molecule has 5 rings (SSSR count). The summed E-state index contributed by atoms with van der Waals surface area (Å²) in [5, 5.41) is 16.0. The standard InChI is InChI=1S/C25H26N8O3/c1-3-36-21(35)14-32-15-28-22-23(32)30-25(27-13-12-26-17-8-10-18(34)11-9-17)31-24(22)33-16(2)29-19-6-4-5-7-20(19)33/h4-11,15,26,34H,3,12-14H2,1-2H3,(H,27,30,31). The van der Waals surface area contributed by atoms with Crippen molar-refractivity contribution in [2.45, 2.75) is 20.4 Å². The minimum Gasteiger partial charge on any atom is -0.508 e. The summed E-state index contributed by atoms with van der Waals surface area (Å²) in [6.45, 7) is 5.10. The van der Waals surface area contributed by atoms with Gasteiger partial charge in [-0.3, -0.25) is 9.36 Å². The smallest absolute Gasteiger partial charge is 0.326 e. The fourth-order valence-corrected chi connectivity index (χ4v) is 4.00. The number of aryl methyl sites for hydroxylation is 1. The van der Waals surface area contributed by atoms with E-state index in [1.54, 1.807) is 42.1 Å².